The Morgan fingerprint density at radius 1 is 1.14 bits per heavy atom. The van der Waals surface area contributed by atoms with Gasteiger partial charge in [0.15, 0.2) is 0 Å². The van der Waals surface area contributed by atoms with Crippen molar-refractivity contribution in [3.8, 4) is 5.75 Å². The van der Waals surface area contributed by atoms with Crippen molar-refractivity contribution in [3.05, 3.63) is 17.7 Å². The molecule has 4 N–H and O–H groups in total. The van der Waals surface area contributed by atoms with Crippen LogP contribution in [0.5, 0.6) is 5.75 Å². The number of ether oxygens (including phenoxy) is 1. The van der Waals surface area contributed by atoms with Crippen LogP contribution >= 0.6 is 0 Å². The third-order valence-corrected chi connectivity index (χ3v) is 4.90. The lowest BCUT2D eigenvalue weighted by atomic mass is 9.88. The molecule has 1 heterocycles. The van der Waals surface area contributed by atoms with Crippen LogP contribution < -0.4 is 16.2 Å². The van der Waals surface area contributed by atoms with Gasteiger partial charge in [-0.25, -0.2) is 0 Å². The van der Waals surface area contributed by atoms with Crippen molar-refractivity contribution in [1.29, 1.82) is 0 Å². The molecule has 0 aromatic heterocycles. The van der Waals surface area contributed by atoms with E-state index >= 15 is 0 Å². The Morgan fingerprint density at radius 3 is 2.48 bits per heavy atom. The number of nitrogen functional groups attached to an aromatic ring is 2. The number of hydrogen-bond acceptors (Lipinski definition) is 4. The Labute approximate surface area is 127 Å². The molecule has 21 heavy (non-hydrogen) atoms. The summed E-state index contributed by atoms with van der Waals surface area (Å²) in [6, 6.07) is 4.06. The minimum atomic E-state index is 0.546. The Balaban J connectivity index is 1.78. The van der Waals surface area contributed by atoms with Crippen LogP contribution in [-0.4, -0.2) is 31.1 Å². The quantitative estimate of drug-likeness (QED) is 0.818. The molecule has 3 rings (SSSR count). The van der Waals surface area contributed by atoms with E-state index in [1.807, 2.05) is 6.07 Å². The molecular formula is C17H27N3O. The van der Waals surface area contributed by atoms with Gasteiger partial charge in [0, 0.05) is 0 Å². The number of piperidine rings is 1. The smallest absolute Gasteiger partial charge is 0.147 e. The number of likely N-dealkylation sites (tertiary alicyclic amines) is 1. The molecule has 0 radical (unpaired) electrons. The molecule has 1 aromatic carbocycles. The molecule has 0 unspecified atom stereocenters. The number of nitrogens with two attached hydrogens (primary N) is 2. The van der Waals surface area contributed by atoms with Crippen LogP contribution in [0.2, 0.25) is 0 Å². The summed E-state index contributed by atoms with van der Waals surface area (Å²) in [6.07, 6.45) is 4.92. The number of nitrogens with zero attached hydrogens (tertiary/aromatic N) is 1. The normalized spacial score (nSPS) is 20.6. The molecule has 2 aliphatic rings. The van der Waals surface area contributed by atoms with E-state index in [2.05, 4.69) is 17.9 Å². The van der Waals surface area contributed by atoms with E-state index in [0.717, 1.165) is 37.9 Å². The maximum atomic E-state index is 6.19. The first-order valence-electron chi connectivity index (χ1n) is 8.22. The average molecular weight is 289 g/mol. The highest BCUT2D eigenvalue weighted by Gasteiger charge is 2.26. The Bertz CT molecular complexity index is 491. The predicted octanol–water partition coefficient (Wildman–Crippen LogP) is 2.84. The molecular weight excluding hydrogens is 262 g/mol. The largest absolute Gasteiger partial charge is 0.491 e. The van der Waals surface area contributed by atoms with Crippen LogP contribution in [0.3, 0.4) is 0 Å². The molecule has 1 saturated heterocycles. The van der Waals surface area contributed by atoms with Crippen molar-refractivity contribution in [3.63, 3.8) is 0 Å². The minimum Gasteiger partial charge on any atom is -0.491 e. The summed E-state index contributed by atoms with van der Waals surface area (Å²) in [5, 5.41) is 0. The summed E-state index contributed by atoms with van der Waals surface area (Å²) in [4.78, 5) is 2.50. The Kier molecular flexibility index (Phi) is 4.24. The fraction of sp³-hybridized carbons (Fsp3) is 0.647. The van der Waals surface area contributed by atoms with Crippen molar-refractivity contribution >= 4 is 11.4 Å². The van der Waals surface area contributed by atoms with Crippen molar-refractivity contribution < 1.29 is 4.74 Å². The van der Waals surface area contributed by atoms with Crippen LogP contribution in [0.4, 0.5) is 11.4 Å². The van der Waals surface area contributed by atoms with Crippen LogP contribution in [-0.2, 0) is 0 Å². The van der Waals surface area contributed by atoms with Crippen LogP contribution in [0, 0.1) is 5.92 Å². The fourth-order valence-corrected chi connectivity index (χ4v) is 3.16. The Morgan fingerprint density at radius 2 is 1.86 bits per heavy atom. The van der Waals surface area contributed by atoms with E-state index in [0.29, 0.717) is 17.3 Å². The molecule has 116 valence electrons. The lowest BCUT2D eigenvalue weighted by Gasteiger charge is -2.32. The standard InChI is InChI=1S/C17H27N3O/c1-2-20-9-7-13(8-10-20)14-5-6-15(18)16(19)17(14)21-11-12-3-4-12/h5-6,12-13H,2-4,7-11,18-19H2,1H3. The van der Waals surface area contributed by atoms with Gasteiger partial charge in [-0.15, -0.1) is 0 Å². The third-order valence-electron chi connectivity index (χ3n) is 4.90. The van der Waals surface area contributed by atoms with Crippen molar-refractivity contribution in [2.45, 2.75) is 38.5 Å². The molecule has 0 bridgehead atoms. The molecule has 4 nitrogen and oxygen atoms in total. The summed E-state index contributed by atoms with van der Waals surface area (Å²) < 4.78 is 6.06. The molecule has 1 aromatic rings. The molecule has 1 saturated carbocycles. The lowest BCUT2D eigenvalue weighted by molar-refractivity contribution is 0.218. The van der Waals surface area contributed by atoms with Crippen molar-refractivity contribution in [1.82, 2.24) is 4.90 Å². The fourth-order valence-electron chi connectivity index (χ4n) is 3.16. The molecule has 0 spiro atoms. The maximum Gasteiger partial charge on any atom is 0.147 e. The van der Waals surface area contributed by atoms with Crippen molar-refractivity contribution in [2.24, 2.45) is 5.92 Å². The lowest BCUT2D eigenvalue weighted by Crippen LogP contribution is -2.32. The van der Waals surface area contributed by atoms with Gasteiger partial charge in [-0.2, -0.15) is 0 Å². The SMILES string of the molecule is CCN1CCC(c2ccc(N)c(N)c2OCC2CC2)CC1. The van der Waals surface area contributed by atoms with Crippen molar-refractivity contribution in [2.75, 3.05) is 37.7 Å². The van der Waals surface area contributed by atoms with Gasteiger partial charge < -0.3 is 21.1 Å². The second-order valence-electron chi connectivity index (χ2n) is 6.45. The third kappa shape index (κ3) is 3.26. The zero-order chi connectivity index (χ0) is 14.8. The highest BCUT2D eigenvalue weighted by molar-refractivity contribution is 5.73. The molecule has 1 aliphatic heterocycles. The topological polar surface area (TPSA) is 64.5 Å². The monoisotopic (exact) mass is 289 g/mol. The van der Waals surface area contributed by atoms with E-state index in [-0.39, 0.29) is 0 Å². The number of rotatable bonds is 5. The predicted molar refractivity (Wildman–Crippen MR) is 87.6 cm³/mol. The van der Waals surface area contributed by atoms with Gasteiger partial charge in [-0.3, -0.25) is 0 Å². The number of benzene rings is 1. The molecule has 0 amide bonds. The second kappa shape index (κ2) is 6.14. The van der Waals surface area contributed by atoms with E-state index in [9.17, 15) is 0 Å². The summed E-state index contributed by atoms with van der Waals surface area (Å²) in [6.45, 7) is 6.48. The minimum absolute atomic E-state index is 0.546. The Hall–Kier alpha value is -1.42. The van der Waals surface area contributed by atoms with Crippen LogP contribution in [0.25, 0.3) is 0 Å². The summed E-state index contributed by atoms with van der Waals surface area (Å²) in [7, 11) is 0. The van der Waals surface area contributed by atoms with Crippen LogP contribution in [0.1, 0.15) is 44.1 Å². The van der Waals surface area contributed by atoms with Gasteiger partial charge >= 0.3 is 0 Å². The maximum absolute atomic E-state index is 6.19. The first-order chi connectivity index (χ1) is 10.2. The van der Waals surface area contributed by atoms with Gasteiger partial charge in [0.05, 0.1) is 18.0 Å². The van der Waals surface area contributed by atoms with Gasteiger partial charge in [0.2, 0.25) is 0 Å². The van der Waals surface area contributed by atoms with Gasteiger partial charge in [-0.05, 0) is 68.8 Å². The average Bonchev–Trinajstić information content (AvgIpc) is 3.33. The van der Waals surface area contributed by atoms with E-state index in [4.69, 9.17) is 16.2 Å². The van der Waals surface area contributed by atoms with Gasteiger partial charge in [-0.1, -0.05) is 13.0 Å². The van der Waals surface area contributed by atoms with Crippen LogP contribution in [0.15, 0.2) is 12.1 Å². The number of anilines is 2. The van der Waals surface area contributed by atoms with E-state index in [1.54, 1.807) is 0 Å². The van der Waals surface area contributed by atoms with Gasteiger partial charge in [0.1, 0.15) is 5.75 Å². The second-order valence-corrected chi connectivity index (χ2v) is 6.45. The summed E-state index contributed by atoms with van der Waals surface area (Å²) in [5.41, 5.74) is 14.7. The molecule has 0 atom stereocenters. The number of hydrogen-bond donors (Lipinski definition) is 2. The first-order valence-corrected chi connectivity index (χ1v) is 8.22. The van der Waals surface area contributed by atoms with E-state index < -0.39 is 0 Å². The van der Waals surface area contributed by atoms with Gasteiger partial charge in [0.25, 0.3) is 0 Å². The summed E-state index contributed by atoms with van der Waals surface area (Å²) >= 11 is 0. The summed E-state index contributed by atoms with van der Waals surface area (Å²) in [5.74, 6) is 2.13. The zero-order valence-corrected chi connectivity index (χ0v) is 13.0. The highest BCUT2D eigenvalue weighted by atomic mass is 16.5. The first kappa shape index (κ1) is 14.5. The molecule has 4 heteroatoms. The van der Waals surface area contributed by atoms with E-state index in [1.165, 1.54) is 31.2 Å². The highest BCUT2D eigenvalue weighted by Crippen LogP contribution is 2.41. The molecule has 1 aliphatic carbocycles. The molecule has 2 fully saturated rings. The zero-order valence-electron chi connectivity index (χ0n) is 13.0.